The zero-order valence-corrected chi connectivity index (χ0v) is 10.1. The first-order chi connectivity index (χ1) is 7.36. The molecule has 0 radical (unpaired) electrons. The van der Waals surface area contributed by atoms with Crippen molar-refractivity contribution in [3.63, 3.8) is 0 Å². The summed E-state index contributed by atoms with van der Waals surface area (Å²) in [4.78, 5) is 1.45. The minimum atomic E-state index is 0.913. The van der Waals surface area contributed by atoms with Crippen LogP contribution >= 0.6 is 11.8 Å². The van der Waals surface area contributed by atoms with Crippen LogP contribution in [-0.2, 0) is 0 Å². The molecule has 2 rings (SSSR count). The normalized spacial score (nSPS) is 17.9. The van der Waals surface area contributed by atoms with Gasteiger partial charge in [-0.15, -0.1) is 11.8 Å². The van der Waals surface area contributed by atoms with Gasteiger partial charge >= 0.3 is 0 Å². The van der Waals surface area contributed by atoms with Gasteiger partial charge in [0.2, 0.25) is 0 Å². The molecule has 0 aliphatic carbocycles. The van der Waals surface area contributed by atoms with Crippen molar-refractivity contribution in [2.45, 2.75) is 24.7 Å². The summed E-state index contributed by atoms with van der Waals surface area (Å²) in [7, 11) is 0. The second kappa shape index (κ2) is 5.57. The van der Waals surface area contributed by atoms with Gasteiger partial charge in [-0.05, 0) is 50.4 Å². The van der Waals surface area contributed by atoms with Crippen LogP contribution in [0, 0.1) is 12.8 Å². The van der Waals surface area contributed by atoms with Crippen LogP contribution in [0.25, 0.3) is 0 Å². The van der Waals surface area contributed by atoms with Gasteiger partial charge in [0.25, 0.3) is 0 Å². The van der Waals surface area contributed by atoms with E-state index in [0.717, 1.165) is 5.92 Å². The molecule has 1 N–H and O–H groups in total. The lowest BCUT2D eigenvalue weighted by molar-refractivity contribution is 0.408. The van der Waals surface area contributed by atoms with Gasteiger partial charge in [0.05, 0.1) is 0 Å². The predicted octanol–water partition coefficient (Wildman–Crippen LogP) is 3.09. The fraction of sp³-hybridized carbons (Fsp3) is 0.538. The van der Waals surface area contributed by atoms with E-state index < -0.39 is 0 Å². The van der Waals surface area contributed by atoms with Crippen molar-refractivity contribution in [1.82, 2.24) is 5.32 Å². The first kappa shape index (κ1) is 11.0. The molecule has 1 aromatic rings. The lowest BCUT2D eigenvalue weighted by atomic mass is 10.0. The molecule has 15 heavy (non-hydrogen) atoms. The van der Waals surface area contributed by atoms with Crippen molar-refractivity contribution in [2.24, 2.45) is 5.92 Å². The Kier molecular flexibility index (Phi) is 4.09. The summed E-state index contributed by atoms with van der Waals surface area (Å²) in [5.74, 6) is 2.20. The lowest BCUT2D eigenvalue weighted by Crippen LogP contribution is -2.28. The van der Waals surface area contributed by atoms with E-state index in [0.29, 0.717) is 0 Å². The van der Waals surface area contributed by atoms with Gasteiger partial charge in [0.15, 0.2) is 0 Å². The van der Waals surface area contributed by atoms with Crippen molar-refractivity contribution in [3.8, 4) is 0 Å². The maximum absolute atomic E-state index is 3.42. The first-order valence-electron chi connectivity index (χ1n) is 5.75. The topological polar surface area (TPSA) is 12.0 Å². The summed E-state index contributed by atoms with van der Waals surface area (Å²) in [5, 5.41) is 3.42. The zero-order valence-electron chi connectivity index (χ0n) is 9.33. The van der Waals surface area contributed by atoms with E-state index in [2.05, 4.69) is 36.5 Å². The van der Waals surface area contributed by atoms with E-state index in [9.17, 15) is 0 Å². The summed E-state index contributed by atoms with van der Waals surface area (Å²) >= 11 is 2.03. The fourth-order valence-corrected chi connectivity index (χ4v) is 3.19. The molecule has 1 fully saturated rings. The molecule has 1 aliphatic rings. The maximum Gasteiger partial charge on any atom is 0.0101 e. The Balaban J connectivity index is 1.84. The molecule has 82 valence electrons. The summed E-state index contributed by atoms with van der Waals surface area (Å²) in [6.45, 7) is 4.61. The van der Waals surface area contributed by atoms with E-state index in [-0.39, 0.29) is 0 Å². The molecular weight excluding hydrogens is 202 g/mol. The van der Waals surface area contributed by atoms with Crippen LogP contribution in [0.15, 0.2) is 29.2 Å². The molecule has 0 amide bonds. The van der Waals surface area contributed by atoms with Crippen LogP contribution in [0.1, 0.15) is 18.4 Å². The molecule has 1 aliphatic heterocycles. The van der Waals surface area contributed by atoms with Gasteiger partial charge in [-0.1, -0.05) is 18.2 Å². The zero-order chi connectivity index (χ0) is 10.5. The van der Waals surface area contributed by atoms with Gasteiger partial charge in [-0.25, -0.2) is 0 Å². The highest BCUT2D eigenvalue weighted by atomic mass is 32.2. The molecule has 0 unspecified atom stereocenters. The standard InChI is InChI=1S/C13H19NS/c1-11-4-2-3-5-13(11)15-10-12-6-8-14-9-7-12/h2-5,12,14H,6-10H2,1H3. The number of benzene rings is 1. The number of rotatable bonds is 3. The lowest BCUT2D eigenvalue weighted by Gasteiger charge is -2.22. The van der Waals surface area contributed by atoms with Gasteiger partial charge in [-0.2, -0.15) is 0 Å². The second-order valence-electron chi connectivity index (χ2n) is 4.27. The van der Waals surface area contributed by atoms with Gasteiger partial charge < -0.3 is 5.32 Å². The van der Waals surface area contributed by atoms with Gasteiger partial charge in [0, 0.05) is 10.6 Å². The molecule has 0 atom stereocenters. The highest BCUT2D eigenvalue weighted by Crippen LogP contribution is 2.26. The Morgan fingerprint density at radius 3 is 2.73 bits per heavy atom. The van der Waals surface area contributed by atoms with E-state index >= 15 is 0 Å². The summed E-state index contributed by atoms with van der Waals surface area (Å²) in [5.41, 5.74) is 1.41. The van der Waals surface area contributed by atoms with Gasteiger partial charge in [0.1, 0.15) is 0 Å². The van der Waals surface area contributed by atoms with E-state index in [4.69, 9.17) is 0 Å². The molecule has 1 heterocycles. The quantitative estimate of drug-likeness (QED) is 0.787. The van der Waals surface area contributed by atoms with Crippen molar-refractivity contribution in [3.05, 3.63) is 29.8 Å². The molecule has 1 saturated heterocycles. The molecule has 0 saturated carbocycles. The molecule has 0 bridgehead atoms. The van der Waals surface area contributed by atoms with Crippen molar-refractivity contribution in [1.29, 1.82) is 0 Å². The van der Waals surface area contributed by atoms with Crippen molar-refractivity contribution < 1.29 is 0 Å². The SMILES string of the molecule is Cc1ccccc1SCC1CCNCC1. The third kappa shape index (κ3) is 3.25. The molecule has 0 spiro atoms. The Bertz CT molecular complexity index is 305. The molecule has 2 heteroatoms. The smallest absolute Gasteiger partial charge is 0.0101 e. The predicted molar refractivity (Wildman–Crippen MR) is 67.5 cm³/mol. The van der Waals surface area contributed by atoms with E-state index in [1.807, 2.05) is 11.8 Å². The number of hydrogen-bond donors (Lipinski definition) is 1. The van der Waals surface area contributed by atoms with Crippen LogP contribution in [0.5, 0.6) is 0 Å². The largest absolute Gasteiger partial charge is 0.317 e. The first-order valence-corrected chi connectivity index (χ1v) is 6.74. The third-order valence-corrected chi connectivity index (χ3v) is 4.43. The minimum Gasteiger partial charge on any atom is -0.317 e. The molecule has 1 nitrogen and oxygen atoms in total. The van der Waals surface area contributed by atoms with Crippen LogP contribution in [0.4, 0.5) is 0 Å². The molecule has 1 aromatic carbocycles. The Morgan fingerprint density at radius 2 is 2.00 bits per heavy atom. The van der Waals surface area contributed by atoms with Crippen LogP contribution in [-0.4, -0.2) is 18.8 Å². The summed E-state index contributed by atoms with van der Waals surface area (Å²) in [6, 6.07) is 8.69. The Hall–Kier alpha value is -0.470. The molecular formula is C13H19NS. The number of nitrogens with one attached hydrogen (secondary N) is 1. The highest BCUT2D eigenvalue weighted by molar-refractivity contribution is 7.99. The molecule has 0 aromatic heterocycles. The Labute approximate surface area is 96.7 Å². The highest BCUT2D eigenvalue weighted by Gasteiger charge is 2.13. The summed E-state index contributed by atoms with van der Waals surface area (Å²) < 4.78 is 0. The maximum atomic E-state index is 3.42. The average molecular weight is 221 g/mol. The number of piperidine rings is 1. The fourth-order valence-electron chi connectivity index (χ4n) is 1.97. The van der Waals surface area contributed by atoms with Crippen LogP contribution in [0.2, 0.25) is 0 Å². The van der Waals surface area contributed by atoms with Crippen LogP contribution < -0.4 is 5.32 Å². The van der Waals surface area contributed by atoms with Crippen LogP contribution in [0.3, 0.4) is 0 Å². The number of hydrogen-bond acceptors (Lipinski definition) is 2. The van der Waals surface area contributed by atoms with E-state index in [1.165, 1.54) is 42.1 Å². The van der Waals surface area contributed by atoms with E-state index in [1.54, 1.807) is 0 Å². The van der Waals surface area contributed by atoms with Crippen molar-refractivity contribution in [2.75, 3.05) is 18.8 Å². The minimum absolute atomic E-state index is 0.913. The average Bonchev–Trinajstić information content (AvgIpc) is 2.29. The number of aryl methyl sites for hydroxylation is 1. The number of thioether (sulfide) groups is 1. The Morgan fingerprint density at radius 1 is 1.27 bits per heavy atom. The monoisotopic (exact) mass is 221 g/mol. The second-order valence-corrected chi connectivity index (χ2v) is 5.33. The van der Waals surface area contributed by atoms with Crippen molar-refractivity contribution >= 4 is 11.8 Å². The van der Waals surface area contributed by atoms with Gasteiger partial charge in [-0.3, -0.25) is 0 Å². The summed E-state index contributed by atoms with van der Waals surface area (Å²) in [6.07, 6.45) is 2.69. The third-order valence-electron chi connectivity index (χ3n) is 3.03.